The summed E-state index contributed by atoms with van der Waals surface area (Å²) in [4.78, 5) is 2.37. The third kappa shape index (κ3) is 5.44. The van der Waals surface area contributed by atoms with Crippen molar-refractivity contribution in [3.8, 4) is 27.9 Å². The Hall–Kier alpha value is -7.88. The van der Waals surface area contributed by atoms with Crippen molar-refractivity contribution >= 4 is 82.4 Å². The molecular weight excluding hydrogens is 717 g/mol. The van der Waals surface area contributed by atoms with Crippen LogP contribution < -0.4 is 4.90 Å². The smallest absolute Gasteiger partial charge is 0.143 e. The number of rotatable bonds is 6. The molecule has 12 rings (SSSR count). The number of furan rings is 1. The average Bonchev–Trinajstić information content (AvgIpc) is 3.86. The molecule has 3 nitrogen and oxygen atoms in total. The van der Waals surface area contributed by atoms with Crippen molar-refractivity contribution in [3.63, 3.8) is 0 Å². The van der Waals surface area contributed by atoms with Gasteiger partial charge in [-0.2, -0.15) is 0 Å². The molecule has 10 aromatic carbocycles. The molecule has 276 valence electrons. The Labute approximate surface area is 341 Å². The Kier molecular flexibility index (Phi) is 7.54. The highest BCUT2D eigenvalue weighted by atomic mass is 16.3. The molecule has 0 N–H and O–H groups in total. The van der Waals surface area contributed by atoms with E-state index >= 15 is 0 Å². The van der Waals surface area contributed by atoms with Crippen LogP contribution in [-0.2, 0) is 0 Å². The van der Waals surface area contributed by atoms with E-state index in [9.17, 15) is 0 Å². The number of nitrogens with zero attached hydrogens (tertiary/aromatic N) is 2. The van der Waals surface area contributed by atoms with E-state index in [-0.39, 0.29) is 0 Å². The Morgan fingerprint density at radius 1 is 0.356 bits per heavy atom. The lowest BCUT2D eigenvalue weighted by Crippen LogP contribution is -2.10. The van der Waals surface area contributed by atoms with Crippen LogP contribution >= 0.6 is 0 Å². The van der Waals surface area contributed by atoms with Crippen molar-refractivity contribution in [3.05, 3.63) is 218 Å². The van der Waals surface area contributed by atoms with Gasteiger partial charge in [0.05, 0.1) is 11.0 Å². The van der Waals surface area contributed by atoms with Crippen LogP contribution in [0.2, 0.25) is 0 Å². The second-order valence-electron chi connectivity index (χ2n) is 15.3. The Balaban J connectivity index is 0.994. The maximum atomic E-state index is 6.55. The van der Waals surface area contributed by atoms with Crippen LogP contribution in [0.5, 0.6) is 0 Å². The lowest BCUT2D eigenvalue weighted by atomic mass is 9.98. The summed E-state index contributed by atoms with van der Waals surface area (Å²) in [5.74, 6) is 0. The van der Waals surface area contributed by atoms with E-state index in [0.29, 0.717) is 0 Å². The van der Waals surface area contributed by atoms with Crippen molar-refractivity contribution in [1.82, 2.24) is 4.57 Å². The molecular formula is C56H36N2O. The van der Waals surface area contributed by atoms with E-state index in [1.54, 1.807) is 0 Å². The summed E-state index contributed by atoms with van der Waals surface area (Å²) in [5.41, 5.74) is 13.2. The van der Waals surface area contributed by atoms with Crippen LogP contribution in [0.1, 0.15) is 0 Å². The minimum atomic E-state index is 0.896. The maximum absolute atomic E-state index is 6.55. The van der Waals surface area contributed by atoms with Gasteiger partial charge in [0.15, 0.2) is 0 Å². The fourth-order valence-corrected chi connectivity index (χ4v) is 9.18. The molecule has 0 saturated carbocycles. The van der Waals surface area contributed by atoms with Gasteiger partial charge < -0.3 is 13.9 Å². The molecule has 12 aromatic rings. The molecule has 2 heterocycles. The van der Waals surface area contributed by atoms with Crippen molar-refractivity contribution in [2.75, 3.05) is 4.90 Å². The molecule has 3 heteroatoms. The van der Waals surface area contributed by atoms with Gasteiger partial charge in [0.2, 0.25) is 0 Å². The molecule has 0 unspecified atom stereocenters. The molecule has 0 aliphatic rings. The van der Waals surface area contributed by atoms with Crippen LogP contribution in [0.15, 0.2) is 223 Å². The zero-order valence-electron chi connectivity index (χ0n) is 32.1. The Morgan fingerprint density at radius 3 is 1.69 bits per heavy atom. The Bertz CT molecular complexity index is 3500. The van der Waals surface area contributed by atoms with Crippen LogP contribution in [-0.4, -0.2) is 4.57 Å². The quantitative estimate of drug-likeness (QED) is 0.169. The SMILES string of the molecule is c1cc(N(c2ccc(-c3ccc4ccccc4c3)cc2)c2ccc(-c3cccc4oc5c6ccccc6ccc5c34)cc2)cc(-n2c3ccccc3c3ccccc32)c1. The molecule has 0 radical (unpaired) electrons. The van der Waals surface area contributed by atoms with Crippen molar-refractivity contribution in [2.45, 2.75) is 0 Å². The van der Waals surface area contributed by atoms with Gasteiger partial charge in [0, 0.05) is 49.7 Å². The second kappa shape index (κ2) is 13.4. The lowest BCUT2D eigenvalue weighted by Gasteiger charge is -2.26. The van der Waals surface area contributed by atoms with Crippen molar-refractivity contribution in [1.29, 1.82) is 0 Å². The van der Waals surface area contributed by atoms with Crippen molar-refractivity contribution < 1.29 is 4.42 Å². The number of hydrogen-bond acceptors (Lipinski definition) is 2. The number of benzene rings is 10. The fraction of sp³-hybridized carbons (Fsp3) is 0. The number of fused-ring (bicyclic) bond motifs is 9. The predicted octanol–water partition coefficient (Wildman–Crippen LogP) is 15.8. The summed E-state index contributed by atoms with van der Waals surface area (Å²) in [6.07, 6.45) is 0. The highest BCUT2D eigenvalue weighted by Gasteiger charge is 2.19. The number of hydrogen-bond donors (Lipinski definition) is 0. The molecule has 0 bridgehead atoms. The molecule has 0 fully saturated rings. The summed E-state index contributed by atoms with van der Waals surface area (Å²) in [7, 11) is 0. The van der Waals surface area contributed by atoms with Gasteiger partial charge in [-0.1, -0.05) is 146 Å². The van der Waals surface area contributed by atoms with Crippen LogP contribution in [0.3, 0.4) is 0 Å². The molecule has 0 amide bonds. The first kappa shape index (κ1) is 33.3. The highest BCUT2D eigenvalue weighted by Crippen LogP contribution is 2.42. The first-order chi connectivity index (χ1) is 29.2. The highest BCUT2D eigenvalue weighted by molar-refractivity contribution is 6.19. The van der Waals surface area contributed by atoms with E-state index in [1.165, 1.54) is 49.1 Å². The molecule has 0 spiro atoms. The molecule has 0 atom stereocenters. The zero-order chi connectivity index (χ0) is 38.9. The second-order valence-corrected chi connectivity index (χ2v) is 15.3. The third-order valence-corrected chi connectivity index (χ3v) is 12.0. The average molecular weight is 753 g/mol. The Morgan fingerprint density at radius 2 is 0.949 bits per heavy atom. The fourth-order valence-electron chi connectivity index (χ4n) is 9.18. The van der Waals surface area contributed by atoms with Crippen LogP contribution in [0.25, 0.3) is 93.2 Å². The molecule has 0 saturated heterocycles. The van der Waals surface area contributed by atoms with Gasteiger partial charge in [-0.05, 0) is 111 Å². The monoisotopic (exact) mass is 752 g/mol. The lowest BCUT2D eigenvalue weighted by molar-refractivity contribution is 0.673. The summed E-state index contributed by atoms with van der Waals surface area (Å²) < 4.78 is 8.94. The van der Waals surface area contributed by atoms with Crippen LogP contribution in [0.4, 0.5) is 17.1 Å². The molecule has 0 aliphatic carbocycles. The van der Waals surface area contributed by atoms with Crippen LogP contribution in [0, 0.1) is 0 Å². The van der Waals surface area contributed by atoms with E-state index in [2.05, 4.69) is 228 Å². The number of aromatic nitrogens is 1. The summed E-state index contributed by atoms with van der Waals surface area (Å²) in [6, 6.07) is 78.7. The van der Waals surface area contributed by atoms with Gasteiger partial charge in [0.25, 0.3) is 0 Å². The number of anilines is 3. The zero-order valence-corrected chi connectivity index (χ0v) is 32.1. The summed E-state index contributed by atoms with van der Waals surface area (Å²) >= 11 is 0. The van der Waals surface area contributed by atoms with E-state index in [1.807, 2.05) is 0 Å². The van der Waals surface area contributed by atoms with E-state index < -0.39 is 0 Å². The van der Waals surface area contributed by atoms with Gasteiger partial charge in [-0.3, -0.25) is 0 Å². The van der Waals surface area contributed by atoms with E-state index in [0.717, 1.165) is 61.2 Å². The van der Waals surface area contributed by atoms with Crippen molar-refractivity contribution in [2.24, 2.45) is 0 Å². The standard InChI is InChI=1S/C56H36N2O/c1-2-13-41-35-42(24-23-37(41)11-1)38-25-30-43(31-26-38)57(45-14-9-15-46(36-45)58-52-20-7-5-17-49(52)50-18-6-8-21-53(50)58)44-32-27-40(28-33-44)47-19-10-22-54-55(47)51-34-29-39-12-3-4-16-48(39)56(51)59-54/h1-36H. The maximum Gasteiger partial charge on any atom is 0.143 e. The molecule has 59 heavy (non-hydrogen) atoms. The van der Waals surface area contributed by atoms with Gasteiger partial charge >= 0.3 is 0 Å². The number of para-hydroxylation sites is 2. The third-order valence-electron chi connectivity index (χ3n) is 12.0. The topological polar surface area (TPSA) is 21.3 Å². The van der Waals surface area contributed by atoms with Gasteiger partial charge in [-0.25, -0.2) is 0 Å². The first-order valence-corrected chi connectivity index (χ1v) is 20.2. The first-order valence-electron chi connectivity index (χ1n) is 20.2. The summed E-state index contributed by atoms with van der Waals surface area (Å²) in [6.45, 7) is 0. The minimum Gasteiger partial charge on any atom is -0.455 e. The normalized spacial score (nSPS) is 11.7. The van der Waals surface area contributed by atoms with Gasteiger partial charge in [0.1, 0.15) is 11.2 Å². The summed E-state index contributed by atoms with van der Waals surface area (Å²) in [5, 5.41) is 9.57. The largest absolute Gasteiger partial charge is 0.455 e. The van der Waals surface area contributed by atoms with Gasteiger partial charge in [-0.15, -0.1) is 0 Å². The predicted molar refractivity (Wildman–Crippen MR) is 249 cm³/mol. The van der Waals surface area contributed by atoms with E-state index in [4.69, 9.17) is 4.42 Å². The minimum absolute atomic E-state index is 0.896. The molecule has 2 aromatic heterocycles. The molecule has 0 aliphatic heterocycles.